The number of anilines is 1. The summed E-state index contributed by atoms with van der Waals surface area (Å²) in [5.41, 5.74) is 1.08. The van der Waals surface area contributed by atoms with Gasteiger partial charge in [0, 0.05) is 17.7 Å². The number of esters is 1. The van der Waals surface area contributed by atoms with Crippen LogP contribution in [-0.2, 0) is 20.9 Å². The minimum absolute atomic E-state index is 0.00549. The van der Waals surface area contributed by atoms with Gasteiger partial charge >= 0.3 is 5.97 Å². The number of nitrogens with one attached hydrogen (secondary N) is 1. The second kappa shape index (κ2) is 10.4. The van der Waals surface area contributed by atoms with Crippen LogP contribution in [0.4, 0.5) is 5.69 Å². The van der Waals surface area contributed by atoms with Crippen molar-refractivity contribution in [2.45, 2.75) is 33.2 Å². The van der Waals surface area contributed by atoms with Crippen LogP contribution in [-0.4, -0.2) is 39.3 Å². The summed E-state index contributed by atoms with van der Waals surface area (Å²) < 4.78 is 6.12. The maximum absolute atomic E-state index is 12.4. The van der Waals surface area contributed by atoms with Gasteiger partial charge in [-0.1, -0.05) is 31.2 Å². The molecule has 9 heteroatoms. The normalized spacial score (nSPS) is 10.8. The fourth-order valence-corrected chi connectivity index (χ4v) is 2.99. The number of ketones is 1. The summed E-state index contributed by atoms with van der Waals surface area (Å²) in [4.78, 5) is 48.4. The van der Waals surface area contributed by atoms with Crippen molar-refractivity contribution in [2.24, 2.45) is 5.92 Å². The molecule has 2 aromatic carbocycles. The maximum atomic E-state index is 12.4. The van der Waals surface area contributed by atoms with E-state index in [0.717, 1.165) is 4.68 Å². The smallest absolute Gasteiger partial charge is 0.308 e. The SMILES string of the molecule is CC(C)CC(=O)Nc1ccc(C(=O)COC(=O)CCn2nnc3ccccc3c2=O)cc1. The first kappa shape index (κ1) is 22.8. The lowest BCUT2D eigenvalue weighted by Crippen LogP contribution is -2.26. The van der Waals surface area contributed by atoms with Gasteiger partial charge < -0.3 is 10.1 Å². The van der Waals surface area contributed by atoms with Crippen LogP contribution in [0.1, 0.15) is 37.0 Å². The Morgan fingerprint density at radius 2 is 1.78 bits per heavy atom. The molecule has 0 fully saturated rings. The number of ether oxygens (including phenoxy) is 1. The summed E-state index contributed by atoms with van der Waals surface area (Å²) in [6, 6.07) is 13.2. The van der Waals surface area contributed by atoms with Crippen molar-refractivity contribution in [3.63, 3.8) is 0 Å². The quantitative estimate of drug-likeness (QED) is 0.404. The van der Waals surface area contributed by atoms with E-state index < -0.39 is 12.6 Å². The van der Waals surface area contributed by atoms with E-state index in [2.05, 4.69) is 15.6 Å². The summed E-state index contributed by atoms with van der Waals surface area (Å²) >= 11 is 0. The van der Waals surface area contributed by atoms with Crippen molar-refractivity contribution in [3.8, 4) is 0 Å². The van der Waals surface area contributed by atoms with Crippen LogP contribution in [0.15, 0.2) is 53.3 Å². The summed E-state index contributed by atoms with van der Waals surface area (Å²) in [6.45, 7) is 3.48. The summed E-state index contributed by atoms with van der Waals surface area (Å²) in [5.74, 6) is -0.848. The zero-order chi connectivity index (χ0) is 23.1. The molecule has 166 valence electrons. The monoisotopic (exact) mass is 436 g/mol. The zero-order valence-corrected chi connectivity index (χ0v) is 17.9. The molecule has 0 aliphatic rings. The molecule has 1 amide bonds. The Bertz CT molecular complexity index is 1180. The van der Waals surface area contributed by atoms with Gasteiger partial charge in [0.1, 0.15) is 5.52 Å². The van der Waals surface area contributed by atoms with Crippen LogP contribution in [0.2, 0.25) is 0 Å². The highest BCUT2D eigenvalue weighted by molar-refractivity contribution is 5.98. The standard InChI is InChI=1S/C23H24N4O5/c1-15(2)13-21(29)24-17-9-7-16(8-10-17)20(28)14-32-22(30)11-12-27-23(31)18-5-3-4-6-19(18)25-26-27/h3-10,15H,11-14H2,1-2H3,(H,24,29). The summed E-state index contributed by atoms with van der Waals surface area (Å²) in [6.07, 6.45) is 0.286. The van der Waals surface area contributed by atoms with Gasteiger partial charge in [-0.05, 0) is 42.3 Å². The Labute approximate surface area is 184 Å². The molecule has 0 spiro atoms. The first-order valence-electron chi connectivity index (χ1n) is 10.2. The van der Waals surface area contributed by atoms with E-state index in [0.29, 0.717) is 28.6 Å². The van der Waals surface area contributed by atoms with Gasteiger partial charge in [-0.25, -0.2) is 4.68 Å². The number of aryl methyl sites for hydroxylation is 1. The number of aromatic nitrogens is 3. The molecule has 0 aliphatic heterocycles. The molecule has 0 aliphatic carbocycles. The Morgan fingerprint density at radius 1 is 1.06 bits per heavy atom. The van der Waals surface area contributed by atoms with Gasteiger partial charge in [0.2, 0.25) is 5.91 Å². The number of nitrogens with zero attached hydrogens (tertiary/aromatic N) is 3. The molecule has 1 aromatic heterocycles. The molecule has 9 nitrogen and oxygen atoms in total. The van der Waals surface area contributed by atoms with E-state index >= 15 is 0 Å². The predicted molar refractivity (Wildman–Crippen MR) is 118 cm³/mol. The molecule has 1 N–H and O–H groups in total. The number of carbonyl (C=O) groups is 3. The van der Waals surface area contributed by atoms with Crippen molar-refractivity contribution in [3.05, 3.63) is 64.4 Å². The van der Waals surface area contributed by atoms with Crippen LogP contribution >= 0.6 is 0 Å². The van der Waals surface area contributed by atoms with Crippen LogP contribution in [0.3, 0.4) is 0 Å². The van der Waals surface area contributed by atoms with Crippen molar-refractivity contribution in [2.75, 3.05) is 11.9 Å². The topological polar surface area (TPSA) is 120 Å². The average Bonchev–Trinajstić information content (AvgIpc) is 2.77. The number of amides is 1. The second-order valence-corrected chi connectivity index (χ2v) is 7.69. The molecular formula is C23H24N4O5. The van der Waals surface area contributed by atoms with Gasteiger partial charge in [-0.3, -0.25) is 19.2 Å². The number of carbonyl (C=O) groups excluding carboxylic acids is 3. The molecule has 0 bridgehead atoms. The van der Waals surface area contributed by atoms with Crippen molar-refractivity contribution >= 4 is 34.3 Å². The molecule has 3 rings (SSSR count). The first-order chi connectivity index (χ1) is 15.3. The molecule has 1 heterocycles. The van der Waals surface area contributed by atoms with Gasteiger partial charge in [-0.15, -0.1) is 5.10 Å². The molecule has 0 saturated carbocycles. The Kier molecular flexibility index (Phi) is 7.43. The number of fused-ring (bicyclic) bond motifs is 1. The zero-order valence-electron chi connectivity index (χ0n) is 17.9. The lowest BCUT2D eigenvalue weighted by atomic mass is 10.1. The lowest BCUT2D eigenvalue weighted by Gasteiger charge is -2.08. The fraction of sp³-hybridized carbons (Fsp3) is 0.304. The van der Waals surface area contributed by atoms with E-state index in [1.165, 1.54) is 0 Å². The van der Waals surface area contributed by atoms with E-state index in [-0.39, 0.29) is 36.1 Å². The number of Topliss-reactive ketones (excluding diaryl/α,β-unsaturated/α-hetero) is 1. The third-order valence-electron chi connectivity index (χ3n) is 4.61. The van der Waals surface area contributed by atoms with E-state index in [4.69, 9.17) is 4.74 Å². The number of rotatable bonds is 9. The third kappa shape index (κ3) is 6.07. The van der Waals surface area contributed by atoms with E-state index in [1.54, 1.807) is 48.5 Å². The van der Waals surface area contributed by atoms with Crippen molar-refractivity contribution in [1.29, 1.82) is 0 Å². The minimum atomic E-state index is -0.627. The van der Waals surface area contributed by atoms with E-state index in [1.807, 2.05) is 13.8 Å². The Balaban J connectivity index is 1.48. The molecule has 32 heavy (non-hydrogen) atoms. The molecule has 3 aromatic rings. The highest BCUT2D eigenvalue weighted by Crippen LogP contribution is 2.12. The second-order valence-electron chi connectivity index (χ2n) is 7.69. The number of benzene rings is 2. The molecule has 0 unspecified atom stereocenters. The lowest BCUT2D eigenvalue weighted by molar-refractivity contribution is -0.142. The predicted octanol–water partition coefficient (Wildman–Crippen LogP) is 2.59. The fourth-order valence-electron chi connectivity index (χ4n) is 2.99. The third-order valence-corrected chi connectivity index (χ3v) is 4.61. The van der Waals surface area contributed by atoms with Gasteiger partial charge in [0.05, 0.1) is 18.4 Å². The molecule has 0 saturated heterocycles. The van der Waals surface area contributed by atoms with Crippen LogP contribution in [0.25, 0.3) is 10.9 Å². The minimum Gasteiger partial charge on any atom is -0.457 e. The number of hydrogen-bond donors (Lipinski definition) is 1. The molecule has 0 atom stereocenters. The summed E-state index contributed by atoms with van der Waals surface area (Å²) in [5, 5.41) is 10.9. The molecular weight excluding hydrogens is 412 g/mol. The van der Waals surface area contributed by atoms with E-state index in [9.17, 15) is 19.2 Å². The van der Waals surface area contributed by atoms with Crippen LogP contribution in [0, 0.1) is 5.92 Å². The first-order valence-corrected chi connectivity index (χ1v) is 10.2. The van der Waals surface area contributed by atoms with Crippen LogP contribution in [0.5, 0.6) is 0 Å². The van der Waals surface area contributed by atoms with Gasteiger partial charge in [0.15, 0.2) is 12.4 Å². The largest absolute Gasteiger partial charge is 0.457 e. The highest BCUT2D eigenvalue weighted by Gasteiger charge is 2.12. The number of hydrogen-bond acceptors (Lipinski definition) is 7. The Hall–Kier alpha value is -3.88. The van der Waals surface area contributed by atoms with Crippen LogP contribution < -0.4 is 10.9 Å². The highest BCUT2D eigenvalue weighted by atomic mass is 16.5. The molecule has 0 radical (unpaired) electrons. The Morgan fingerprint density at radius 3 is 2.50 bits per heavy atom. The summed E-state index contributed by atoms with van der Waals surface area (Å²) in [7, 11) is 0. The van der Waals surface area contributed by atoms with Gasteiger partial charge in [-0.2, -0.15) is 0 Å². The van der Waals surface area contributed by atoms with Crippen molar-refractivity contribution in [1.82, 2.24) is 15.0 Å². The van der Waals surface area contributed by atoms with Gasteiger partial charge in [0.25, 0.3) is 5.56 Å². The maximum Gasteiger partial charge on any atom is 0.308 e. The average molecular weight is 436 g/mol. The van der Waals surface area contributed by atoms with Crippen molar-refractivity contribution < 1.29 is 19.1 Å².